The molecule has 152 valence electrons. The molecule has 3 N–H and O–H groups in total. The molecule has 1 amide bonds. The molecule has 0 unspecified atom stereocenters. The van der Waals surface area contributed by atoms with Gasteiger partial charge in [0.2, 0.25) is 5.91 Å². The number of carbonyl (C=O) groups excluding carboxylic acids is 1. The highest BCUT2D eigenvalue weighted by Crippen LogP contribution is 2.29. The zero-order chi connectivity index (χ0) is 20.1. The number of benzene rings is 1. The number of nitrogens with one attached hydrogen (secondary N) is 3. The summed E-state index contributed by atoms with van der Waals surface area (Å²) in [5.74, 6) is 0.648. The van der Waals surface area contributed by atoms with E-state index in [9.17, 15) is 9.59 Å². The predicted molar refractivity (Wildman–Crippen MR) is 113 cm³/mol. The van der Waals surface area contributed by atoms with Gasteiger partial charge in [-0.05, 0) is 49.0 Å². The Labute approximate surface area is 169 Å². The van der Waals surface area contributed by atoms with Gasteiger partial charge in [0.15, 0.2) is 10.7 Å². The second-order valence-corrected chi connectivity index (χ2v) is 8.02. The summed E-state index contributed by atoms with van der Waals surface area (Å²) in [4.78, 5) is 24.0. The number of fused-ring (bicyclic) bond motifs is 1. The molecule has 1 aliphatic carbocycles. The third-order valence-corrected chi connectivity index (χ3v) is 5.92. The van der Waals surface area contributed by atoms with E-state index in [0.717, 1.165) is 11.9 Å². The molecule has 1 aliphatic rings. The van der Waals surface area contributed by atoms with Crippen molar-refractivity contribution in [2.24, 2.45) is 11.8 Å². The third-order valence-electron chi connectivity index (χ3n) is 5.70. The Morgan fingerprint density at radius 2 is 2.04 bits per heavy atom. The molecule has 3 atom stereocenters. The van der Waals surface area contributed by atoms with Crippen LogP contribution in [-0.4, -0.2) is 21.6 Å². The van der Waals surface area contributed by atoms with Gasteiger partial charge in [0.25, 0.3) is 0 Å². The van der Waals surface area contributed by atoms with Gasteiger partial charge in [-0.2, -0.15) is 0 Å². The maximum Gasteiger partial charge on any atom is 0.419 e. The molecule has 0 aliphatic heterocycles. The lowest BCUT2D eigenvalue weighted by Gasteiger charge is -2.35. The minimum absolute atomic E-state index is 0.171. The van der Waals surface area contributed by atoms with Gasteiger partial charge < -0.3 is 9.73 Å². The molecular formula is C20H28N4O3S. The molecule has 1 aromatic heterocycles. The Kier molecular flexibility index (Phi) is 6.72. The summed E-state index contributed by atoms with van der Waals surface area (Å²) in [7, 11) is 0. The normalized spacial score (nSPS) is 22.0. The summed E-state index contributed by atoms with van der Waals surface area (Å²) in [6, 6.07) is 7.60. The quantitative estimate of drug-likeness (QED) is 0.525. The molecule has 0 bridgehead atoms. The Morgan fingerprint density at radius 3 is 2.86 bits per heavy atom. The minimum atomic E-state index is -0.402. The van der Waals surface area contributed by atoms with Crippen LogP contribution in [0.3, 0.4) is 0 Å². The van der Waals surface area contributed by atoms with Crippen LogP contribution in [0.4, 0.5) is 0 Å². The second kappa shape index (κ2) is 9.23. The fourth-order valence-corrected chi connectivity index (χ4v) is 4.00. The predicted octanol–water partition coefficient (Wildman–Crippen LogP) is 2.69. The maximum absolute atomic E-state index is 12.1. The highest BCUT2D eigenvalue weighted by molar-refractivity contribution is 7.80. The van der Waals surface area contributed by atoms with Gasteiger partial charge in [0, 0.05) is 19.0 Å². The van der Waals surface area contributed by atoms with E-state index in [1.54, 1.807) is 10.6 Å². The molecule has 1 heterocycles. The molecule has 0 radical (unpaired) electrons. The van der Waals surface area contributed by atoms with Crippen LogP contribution in [-0.2, 0) is 11.3 Å². The molecule has 3 rings (SSSR count). The van der Waals surface area contributed by atoms with Crippen LogP contribution in [0.5, 0.6) is 0 Å². The summed E-state index contributed by atoms with van der Waals surface area (Å²) in [6.07, 6.45) is 4.34. The van der Waals surface area contributed by atoms with Gasteiger partial charge in [-0.25, -0.2) is 4.79 Å². The molecule has 0 saturated heterocycles. The van der Waals surface area contributed by atoms with Crippen molar-refractivity contribution in [1.82, 2.24) is 20.7 Å². The molecule has 2 aromatic rings. The number of hydrazine groups is 1. The van der Waals surface area contributed by atoms with Crippen LogP contribution in [0.1, 0.15) is 46.0 Å². The highest BCUT2D eigenvalue weighted by atomic mass is 32.1. The summed E-state index contributed by atoms with van der Waals surface area (Å²) >= 11 is 5.30. The van der Waals surface area contributed by atoms with E-state index >= 15 is 0 Å². The Morgan fingerprint density at radius 1 is 1.25 bits per heavy atom. The topological polar surface area (TPSA) is 88.3 Å². The molecule has 0 spiro atoms. The van der Waals surface area contributed by atoms with Gasteiger partial charge >= 0.3 is 5.76 Å². The van der Waals surface area contributed by atoms with Crippen molar-refractivity contribution in [3.63, 3.8) is 0 Å². The van der Waals surface area contributed by atoms with Crippen LogP contribution in [0.2, 0.25) is 0 Å². The lowest BCUT2D eigenvalue weighted by atomic mass is 9.78. The number of carbonyl (C=O) groups is 1. The standard InChI is InChI=1S/C20H28N4O3S/c1-13-7-5-8-15(14(13)2)21-19(28)23-22-18(25)11-6-12-24-16-9-3-4-10-17(16)27-20(24)26/h3-4,9-10,13-15H,5-8,11-12H2,1-2H3,(H,22,25)(H2,21,23,28)/t13-,14+,15-/m0/s1. The average molecular weight is 405 g/mol. The van der Waals surface area contributed by atoms with Crippen LogP contribution < -0.4 is 21.9 Å². The lowest BCUT2D eigenvalue weighted by Crippen LogP contribution is -2.52. The largest absolute Gasteiger partial charge is 0.419 e. The first-order valence-corrected chi connectivity index (χ1v) is 10.3. The number of aromatic nitrogens is 1. The number of thiocarbonyl (C=S) groups is 1. The van der Waals surface area contributed by atoms with E-state index in [1.807, 2.05) is 18.2 Å². The maximum atomic E-state index is 12.1. The second-order valence-electron chi connectivity index (χ2n) is 7.61. The summed E-state index contributed by atoms with van der Waals surface area (Å²) in [5.41, 5.74) is 6.71. The Hall–Kier alpha value is -2.35. The van der Waals surface area contributed by atoms with Crippen molar-refractivity contribution in [1.29, 1.82) is 0 Å². The van der Waals surface area contributed by atoms with Crippen molar-refractivity contribution in [2.45, 2.75) is 58.5 Å². The summed E-state index contributed by atoms with van der Waals surface area (Å²) < 4.78 is 6.74. The van der Waals surface area contributed by atoms with Crippen molar-refractivity contribution in [2.75, 3.05) is 0 Å². The zero-order valence-electron chi connectivity index (χ0n) is 16.4. The molecule has 8 heteroatoms. The van der Waals surface area contributed by atoms with Crippen molar-refractivity contribution in [3.05, 3.63) is 34.8 Å². The van der Waals surface area contributed by atoms with Crippen molar-refractivity contribution in [3.8, 4) is 0 Å². The van der Waals surface area contributed by atoms with Gasteiger partial charge in [-0.3, -0.25) is 20.2 Å². The first-order valence-electron chi connectivity index (χ1n) is 9.89. The smallest absolute Gasteiger partial charge is 0.408 e. The molecule has 1 fully saturated rings. The SMILES string of the molecule is C[C@H]1[C@@H](NC(=S)NNC(=O)CCCn2c(=O)oc3ccccc32)CCC[C@@H]1C. The summed E-state index contributed by atoms with van der Waals surface area (Å²) in [6.45, 7) is 4.93. The van der Waals surface area contributed by atoms with Crippen LogP contribution >= 0.6 is 12.2 Å². The van der Waals surface area contributed by atoms with Crippen molar-refractivity contribution < 1.29 is 9.21 Å². The summed E-state index contributed by atoms with van der Waals surface area (Å²) in [5, 5.41) is 3.75. The van der Waals surface area contributed by atoms with Gasteiger partial charge in [-0.1, -0.05) is 38.8 Å². The van der Waals surface area contributed by atoms with Crippen LogP contribution in [0.25, 0.3) is 11.1 Å². The fraction of sp³-hybridized carbons (Fsp3) is 0.550. The number of rotatable bonds is 5. The molecular weight excluding hydrogens is 376 g/mol. The monoisotopic (exact) mass is 404 g/mol. The number of nitrogens with zero attached hydrogens (tertiary/aromatic N) is 1. The average Bonchev–Trinajstić information content (AvgIpc) is 2.99. The van der Waals surface area contributed by atoms with Gasteiger partial charge in [0.1, 0.15) is 0 Å². The van der Waals surface area contributed by atoms with E-state index in [4.69, 9.17) is 16.6 Å². The first-order chi connectivity index (χ1) is 13.5. The van der Waals surface area contributed by atoms with Crippen LogP contribution in [0, 0.1) is 11.8 Å². The Balaban J connectivity index is 1.40. The number of hydrogen-bond donors (Lipinski definition) is 3. The van der Waals surface area contributed by atoms with E-state index in [2.05, 4.69) is 30.0 Å². The number of para-hydroxylation sites is 2. The van der Waals surface area contributed by atoms with E-state index < -0.39 is 5.76 Å². The third kappa shape index (κ3) is 4.92. The van der Waals surface area contributed by atoms with E-state index in [1.165, 1.54) is 12.8 Å². The van der Waals surface area contributed by atoms with Crippen molar-refractivity contribution >= 4 is 34.3 Å². The number of aryl methyl sites for hydroxylation is 1. The molecule has 1 aromatic carbocycles. The molecule has 7 nitrogen and oxygen atoms in total. The number of hydrogen-bond acceptors (Lipinski definition) is 4. The number of oxazole rings is 1. The molecule has 1 saturated carbocycles. The van der Waals surface area contributed by atoms with Gasteiger partial charge in [0.05, 0.1) is 5.52 Å². The van der Waals surface area contributed by atoms with Crippen LogP contribution in [0.15, 0.2) is 33.5 Å². The lowest BCUT2D eigenvalue weighted by molar-refractivity contribution is -0.121. The van der Waals surface area contributed by atoms with Gasteiger partial charge in [-0.15, -0.1) is 0 Å². The first kappa shape index (κ1) is 20.4. The zero-order valence-corrected chi connectivity index (χ0v) is 17.2. The fourth-order valence-electron chi connectivity index (χ4n) is 3.80. The Bertz CT molecular complexity index is 891. The van der Waals surface area contributed by atoms with E-state index in [-0.39, 0.29) is 12.3 Å². The highest BCUT2D eigenvalue weighted by Gasteiger charge is 2.27. The molecule has 28 heavy (non-hydrogen) atoms. The minimum Gasteiger partial charge on any atom is -0.408 e. The van der Waals surface area contributed by atoms with E-state index in [0.29, 0.717) is 41.5 Å². The number of amides is 1.